The van der Waals surface area contributed by atoms with E-state index in [2.05, 4.69) is 33.0 Å². The van der Waals surface area contributed by atoms with Gasteiger partial charge in [0.05, 0.1) is 24.5 Å². The minimum atomic E-state index is -0.542. The molecular formula is C20H28N4O2. The Morgan fingerprint density at radius 1 is 1.31 bits per heavy atom. The standard InChI is InChI=1S/C20H28N4O2/c1-3-4-10-23-11-12-24-18(15-23)13-17(22-24)14-21-20(25)16(2)26-19-8-6-5-7-9-19/h5-9,13,16H,3-4,10-12,14-15H2,1-2H3,(H,21,25). The van der Waals surface area contributed by atoms with Gasteiger partial charge in [-0.1, -0.05) is 31.5 Å². The van der Waals surface area contributed by atoms with Gasteiger partial charge in [0.2, 0.25) is 0 Å². The van der Waals surface area contributed by atoms with Crippen molar-refractivity contribution in [2.75, 3.05) is 13.1 Å². The van der Waals surface area contributed by atoms with Gasteiger partial charge in [-0.3, -0.25) is 14.4 Å². The Labute approximate surface area is 155 Å². The molecule has 1 aromatic heterocycles. The molecule has 1 aromatic carbocycles. The van der Waals surface area contributed by atoms with Gasteiger partial charge in [0, 0.05) is 13.1 Å². The molecule has 0 spiro atoms. The number of carbonyl (C=O) groups excluding carboxylic acids is 1. The molecule has 2 aromatic rings. The summed E-state index contributed by atoms with van der Waals surface area (Å²) in [6.45, 7) is 8.44. The van der Waals surface area contributed by atoms with Crippen molar-refractivity contribution in [1.82, 2.24) is 20.0 Å². The Balaban J connectivity index is 1.49. The highest BCUT2D eigenvalue weighted by Crippen LogP contribution is 2.15. The van der Waals surface area contributed by atoms with Gasteiger partial charge in [-0.2, -0.15) is 5.10 Å². The van der Waals surface area contributed by atoms with E-state index in [0.717, 1.165) is 31.9 Å². The average molecular weight is 356 g/mol. The van der Waals surface area contributed by atoms with Crippen LogP contribution in [0.25, 0.3) is 0 Å². The molecule has 0 fully saturated rings. The molecule has 3 rings (SSSR count). The van der Waals surface area contributed by atoms with Crippen LogP contribution in [0.3, 0.4) is 0 Å². The molecule has 0 saturated carbocycles. The SMILES string of the molecule is CCCCN1CCn2nc(CNC(=O)C(C)Oc3ccccc3)cc2C1. The largest absolute Gasteiger partial charge is 0.481 e. The predicted octanol–water partition coefficient (Wildman–Crippen LogP) is 2.58. The van der Waals surface area contributed by atoms with Crippen molar-refractivity contribution in [1.29, 1.82) is 0 Å². The third-order valence-corrected chi connectivity index (χ3v) is 4.62. The number of para-hydroxylation sites is 1. The summed E-state index contributed by atoms with van der Waals surface area (Å²) in [6.07, 6.45) is 1.91. The number of fused-ring (bicyclic) bond motifs is 1. The van der Waals surface area contributed by atoms with Crippen LogP contribution >= 0.6 is 0 Å². The first-order chi connectivity index (χ1) is 12.7. The quantitative estimate of drug-likeness (QED) is 0.790. The highest BCUT2D eigenvalue weighted by atomic mass is 16.5. The van der Waals surface area contributed by atoms with Gasteiger partial charge >= 0.3 is 0 Å². The van der Waals surface area contributed by atoms with Crippen molar-refractivity contribution in [2.45, 2.75) is 52.4 Å². The van der Waals surface area contributed by atoms with E-state index in [-0.39, 0.29) is 5.91 Å². The fourth-order valence-corrected chi connectivity index (χ4v) is 3.12. The summed E-state index contributed by atoms with van der Waals surface area (Å²) in [5, 5.41) is 7.54. The number of hydrogen-bond donors (Lipinski definition) is 1. The predicted molar refractivity (Wildman–Crippen MR) is 101 cm³/mol. The molecule has 6 heteroatoms. The van der Waals surface area contributed by atoms with Crippen LogP contribution in [0, 0.1) is 0 Å². The Hall–Kier alpha value is -2.34. The van der Waals surface area contributed by atoms with Crippen molar-refractivity contribution in [3.05, 3.63) is 47.8 Å². The third kappa shape index (κ3) is 4.85. The lowest BCUT2D eigenvalue weighted by Crippen LogP contribution is -2.36. The van der Waals surface area contributed by atoms with Crippen LogP contribution in [-0.4, -0.2) is 39.8 Å². The summed E-state index contributed by atoms with van der Waals surface area (Å²) in [4.78, 5) is 14.7. The average Bonchev–Trinajstić information content (AvgIpc) is 3.07. The Kier molecular flexibility index (Phi) is 6.28. The van der Waals surface area contributed by atoms with Gasteiger partial charge in [-0.05, 0) is 38.1 Å². The minimum Gasteiger partial charge on any atom is -0.481 e. The molecule has 1 atom stereocenters. The molecule has 2 heterocycles. The van der Waals surface area contributed by atoms with Crippen molar-refractivity contribution >= 4 is 5.91 Å². The zero-order valence-electron chi connectivity index (χ0n) is 15.6. The first kappa shape index (κ1) is 18.5. The second kappa shape index (κ2) is 8.85. The summed E-state index contributed by atoms with van der Waals surface area (Å²) in [6, 6.07) is 11.5. The molecule has 0 saturated heterocycles. The van der Waals surface area contributed by atoms with Crippen LogP contribution in [0.2, 0.25) is 0 Å². The molecule has 0 radical (unpaired) electrons. The summed E-state index contributed by atoms with van der Waals surface area (Å²) < 4.78 is 7.72. The van der Waals surface area contributed by atoms with Crippen LogP contribution in [0.1, 0.15) is 38.1 Å². The van der Waals surface area contributed by atoms with E-state index >= 15 is 0 Å². The highest BCUT2D eigenvalue weighted by Gasteiger charge is 2.19. The number of aromatic nitrogens is 2. The molecule has 1 aliphatic rings. The molecule has 140 valence electrons. The van der Waals surface area contributed by atoms with E-state index in [0.29, 0.717) is 12.3 Å². The second-order valence-electron chi connectivity index (χ2n) is 6.77. The Morgan fingerprint density at radius 2 is 2.12 bits per heavy atom. The van der Waals surface area contributed by atoms with Gasteiger partial charge in [0.15, 0.2) is 6.10 Å². The second-order valence-corrected chi connectivity index (χ2v) is 6.77. The lowest BCUT2D eigenvalue weighted by Gasteiger charge is -2.27. The topological polar surface area (TPSA) is 59.4 Å². The monoisotopic (exact) mass is 356 g/mol. The van der Waals surface area contributed by atoms with Gasteiger partial charge in [0.1, 0.15) is 5.75 Å². The number of carbonyl (C=O) groups is 1. The van der Waals surface area contributed by atoms with Crippen LogP contribution < -0.4 is 10.1 Å². The molecule has 1 aliphatic heterocycles. The molecule has 0 aliphatic carbocycles. The van der Waals surface area contributed by atoms with E-state index in [1.807, 2.05) is 30.3 Å². The van der Waals surface area contributed by atoms with Gasteiger partial charge in [0.25, 0.3) is 5.91 Å². The molecule has 1 amide bonds. The highest BCUT2D eigenvalue weighted by molar-refractivity contribution is 5.80. The number of unbranched alkanes of at least 4 members (excludes halogenated alkanes) is 1. The maximum absolute atomic E-state index is 12.3. The number of ether oxygens (including phenoxy) is 1. The van der Waals surface area contributed by atoms with Gasteiger partial charge in [-0.15, -0.1) is 0 Å². The molecule has 0 bridgehead atoms. The zero-order chi connectivity index (χ0) is 18.4. The maximum Gasteiger partial charge on any atom is 0.261 e. The number of nitrogens with one attached hydrogen (secondary N) is 1. The lowest BCUT2D eigenvalue weighted by atomic mass is 10.2. The molecule has 26 heavy (non-hydrogen) atoms. The van der Waals surface area contributed by atoms with Crippen molar-refractivity contribution in [3.63, 3.8) is 0 Å². The number of nitrogens with zero attached hydrogens (tertiary/aromatic N) is 3. The van der Waals surface area contributed by atoms with Crippen LogP contribution in [0.4, 0.5) is 0 Å². The molecule has 6 nitrogen and oxygen atoms in total. The van der Waals surface area contributed by atoms with E-state index in [4.69, 9.17) is 4.74 Å². The van der Waals surface area contributed by atoms with Crippen LogP contribution in [0.15, 0.2) is 36.4 Å². The fourth-order valence-electron chi connectivity index (χ4n) is 3.12. The van der Waals surface area contributed by atoms with Crippen molar-refractivity contribution < 1.29 is 9.53 Å². The fraction of sp³-hybridized carbons (Fsp3) is 0.500. The summed E-state index contributed by atoms with van der Waals surface area (Å²) >= 11 is 0. The van der Waals surface area contributed by atoms with E-state index in [1.54, 1.807) is 6.92 Å². The summed E-state index contributed by atoms with van der Waals surface area (Å²) in [5.41, 5.74) is 2.13. The number of benzene rings is 1. The number of rotatable bonds is 8. The maximum atomic E-state index is 12.3. The van der Waals surface area contributed by atoms with E-state index in [9.17, 15) is 4.79 Å². The van der Waals surface area contributed by atoms with Crippen molar-refractivity contribution in [2.24, 2.45) is 0 Å². The molecule has 1 N–H and O–H groups in total. The summed E-state index contributed by atoms with van der Waals surface area (Å²) in [5.74, 6) is 0.559. The van der Waals surface area contributed by atoms with Crippen LogP contribution in [0.5, 0.6) is 5.75 Å². The normalized spacial score (nSPS) is 15.3. The first-order valence-electron chi connectivity index (χ1n) is 9.43. The van der Waals surface area contributed by atoms with Gasteiger partial charge in [-0.25, -0.2) is 0 Å². The molecule has 1 unspecified atom stereocenters. The smallest absolute Gasteiger partial charge is 0.261 e. The lowest BCUT2D eigenvalue weighted by molar-refractivity contribution is -0.127. The van der Waals surface area contributed by atoms with E-state index < -0.39 is 6.10 Å². The Bertz CT molecular complexity index is 714. The van der Waals surface area contributed by atoms with Crippen molar-refractivity contribution in [3.8, 4) is 5.75 Å². The third-order valence-electron chi connectivity index (χ3n) is 4.62. The number of amides is 1. The van der Waals surface area contributed by atoms with Crippen LogP contribution in [-0.2, 0) is 24.4 Å². The Morgan fingerprint density at radius 3 is 2.88 bits per heavy atom. The zero-order valence-corrected chi connectivity index (χ0v) is 15.6. The minimum absolute atomic E-state index is 0.135. The number of hydrogen-bond acceptors (Lipinski definition) is 4. The molecular weight excluding hydrogens is 328 g/mol. The summed E-state index contributed by atoms with van der Waals surface area (Å²) in [7, 11) is 0. The first-order valence-corrected chi connectivity index (χ1v) is 9.43. The van der Waals surface area contributed by atoms with E-state index in [1.165, 1.54) is 18.5 Å². The van der Waals surface area contributed by atoms with Gasteiger partial charge < -0.3 is 10.1 Å².